The van der Waals surface area contributed by atoms with Gasteiger partial charge in [-0.3, -0.25) is 4.90 Å². The molecule has 0 saturated carbocycles. The standard InChI is InChI=1S/C17H24N4O2S2/c1-13-4-6-14(7-5-13)12-15-18-16(24-19-15)20-8-10-21(11-9-20)17(2,3)25(22)23/h4-7,25H,8-12H2,1-3H3. The van der Waals surface area contributed by atoms with E-state index in [1.807, 2.05) is 4.90 Å². The summed E-state index contributed by atoms with van der Waals surface area (Å²) >= 11 is 1.42. The Balaban J connectivity index is 1.61. The molecule has 0 spiro atoms. The van der Waals surface area contributed by atoms with Gasteiger partial charge in [0.15, 0.2) is 10.7 Å². The van der Waals surface area contributed by atoms with Crippen LogP contribution in [-0.4, -0.2) is 53.7 Å². The van der Waals surface area contributed by atoms with Crippen LogP contribution in [0, 0.1) is 6.92 Å². The number of nitrogens with zero attached hydrogens (tertiary/aromatic N) is 4. The first-order valence-corrected chi connectivity index (χ1v) is 10.3. The molecule has 1 aromatic carbocycles. The van der Waals surface area contributed by atoms with Crippen molar-refractivity contribution in [1.29, 1.82) is 0 Å². The molecule has 6 nitrogen and oxygen atoms in total. The number of piperazine rings is 1. The van der Waals surface area contributed by atoms with Crippen LogP contribution in [0.3, 0.4) is 0 Å². The minimum absolute atomic E-state index is 0.711. The van der Waals surface area contributed by atoms with Gasteiger partial charge in [-0.2, -0.15) is 4.37 Å². The van der Waals surface area contributed by atoms with Gasteiger partial charge in [0, 0.05) is 44.1 Å². The summed E-state index contributed by atoms with van der Waals surface area (Å²) < 4.78 is 27.3. The van der Waals surface area contributed by atoms with Crippen LogP contribution < -0.4 is 4.90 Å². The van der Waals surface area contributed by atoms with Crippen molar-refractivity contribution in [1.82, 2.24) is 14.3 Å². The fraction of sp³-hybridized carbons (Fsp3) is 0.529. The highest BCUT2D eigenvalue weighted by atomic mass is 32.2. The van der Waals surface area contributed by atoms with Gasteiger partial charge in [0.25, 0.3) is 0 Å². The van der Waals surface area contributed by atoms with Crippen molar-refractivity contribution < 1.29 is 8.42 Å². The van der Waals surface area contributed by atoms with Crippen LogP contribution in [0.5, 0.6) is 0 Å². The zero-order valence-electron chi connectivity index (χ0n) is 14.8. The molecule has 0 aliphatic carbocycles. The maximum Gasteiger partial charge on any atom is 0.205 e. The molecule has 1 aliphatic heterocycles. The first-order valence-electron chi connectivity index (χ1n) is 8.39. The normalized spacial score (nSPS) is 16.6. The largest absolute Gasteiger partial charge is 0.344 e. The number of benzene rings is 1. The predicted molar refractivity (Wildman–Crippen MR) is 102 cm³/mol. The fourth-order valence-corrected chi connectivity index (χ4v) is 4.06. The highest BCUT2D eigenvalue weighted by Gasteiger charge is 2.33. The quantitative estimate of drug-likeness (QED) is 0.800. The Morgan fingerprint density at radius 2 is 1.76 bits per heavy atom. The van der Waals surface area contributed by atoms with Crippen molar-refractivity contribution in [3.8, 4) is 0 Å². The topological polar surface area (TPSA) is 66.4 Å². The molecule has 25 heavy (non-hydrogen) atoms. The van der Waals surface area contributed by atoms with Crippen LogP contribution in [0.15, 0.2) is 24.3 Å². The Morgan fingerprint density at radius 1 is 1.12 bits per heavy atom. The maximum absolute atomic E-state index is 11.4. The molecule has 1 fully saturated rings. The van der Waals surface area contributed by atoms with E-state index in [4.69, 9.17) is 0 Å². The molecule has 0 amide bonds. The Bertz CT molecular complexity index is 783. The van der Waals surface area contributed by atoms with Crippen LogP contribution >= 0.6 is 11.5 Å². The highest BCUT2D eigenvalue weighted by molar-refractivity contribution is 7.73. The SMILES string of the molecule is Cc1ccc(Cc2nsc(N3CCN(C(C)(C)[SH](=O)=O)CC3)n2)cc1. The highest BCUT2D eigenvalue weighted by Crippen LogP contribution is 2.23. The van der Waals surface area contributed by atoms with Crippen LogP contribution in [0.4, 0.5) is 5.13 Å². The average molecular weight is 381 g/mol. The molecule has 0 atom stereocenters. The van der Waals surface area contributed by atoms with E-state index in [2.05, 4.69) is 45.4 Å². The second-order valence-electron chi connectivity index (χ2n) is 6.88. The molecule has 136 valence electrons. The summed E-state index contributed by atoms with van der Waals surface area (Å²) in [5.74, 6) is 0.842. The molecular weight excluding hydrogens is 356 g/mol. The van der Waals surface area contributed by atoms with Crippen LogP contribution in [0.1, 0.15) is 30.8 Å². The first-order chi connectivity index (χ1) is 11.9. The van der Waals surface area contributed by atoms with Gasteiger partial charge in [0.05, 0.1) is 0 Å². The zero-order chi connectivity index (χ0) is 18.0. The number of hydrogen-bond acceptors (Lipinski definition) is 7. The molecule has 3 rings (SSSR count). The monoisotopic (exact) mass is 380 g/mol. The maximum atomic E-state index is 11.4. The van der Waals surface area contributed by atoms with Gasteiger partial charge in [-0.15, -0.1) is 0 Å². The van der Waals surface area contributed by atoms with Crippen molar-refractivity contribution in [3.63, 3.8) is 0 Å². The number of rotatable bonds is 5. The van der Waals surface area contributed by atoms with Gasteiger partial charge in [-0.05, 0) is 26.3 Å². The zero-order valence-corrected chi connectivity index (χ0v) is 16.5. The average Bonchev–Trinajstić information content (AvgIpc) is 3.05. The molecule has 0 N–H and O–H groups in total. The Morgan fingerprint density at radius 3 is 2.36 bits per heavy atom. The summed E-state index contributed by atoms with van der Waals surface area (Å²) in [6.45, 7) is 8.56. The molecular formula is C17H24N4O2S2. The molecule has 2 heterocycles. The van der Waals surface area contributed by atoms with Crippen molar-refractivity contribution in [2.45, 2.75) is 32.1 Å². The summed E-state index contributed by atoms with van der Waals surface area (Å²) in [7, 11) is -2.48. The van der Waals surface area contributed by atoms with Crippen molar-refractivity contribution in [2.75, 3.05) is 31.1 Å². The lowest BCUT2D eigenvalue weighted by Gasteiger charge is -2.40. The van der Waals surface area contributed by atoms with E-state index in [1.54, 1.807) is 13.8 Å². The molecule has 0 unspecified atom stereocenters. The summed E-state index contributed by atoms with van der Waals surface area (Å²) in [6, 6.07) is 8.43. The van der Waals surface area contributed by atoms with Gasteiger partial charge in [-0.25, -0.2) is 13.4 Å². The Hall–Kier alpha value is -1.51. The number of aromatic nitrogens is 2. The van der Waals surface area contributed by atoms with E-state index >= 15 is 0 Å². The summed E-state index contributed by atoms with van der Waals surface area (Å²) in [6.07, 6.45) is 0.737. The lowest BCUT2D eigenvalue weighted by molar-refractivity contribution is 0.178. The lowest BCUT2D eigenvalue weighted by Crippen LogP contribution is -2.55. The summed E-state index contributed by atoms with van der Waals surface area (Å²) in [5, 5.41) is 0.922. The smallest absolute Gasteiger partial charge is 0.205 e. The molecule has 0 bridgehead atoms. The summed E-state index contributed by atoms with van der Waals surface area (Å²) in [4.78, 5) is 8.09. The van der Waals surface area contributed by atoms with Crippen molar-refractivity contribution >= 4 is 27.4 Å². The molecule has 8 heteroatoms. The Labute approximate surface area is 154 Å². The van der Waals surface area contributed by atoms with Crippen LogP contribution in [-0.2, 0) is 17.1 Å². The van der Waals surface area contributed by atoms with Crippen LogP contribution in [0.2, 0.25) is 0 Å². The van der Waals surface area contributed by atoms with Gasteiger partial charge in [-0.1, -0.05) is 29.8 Å². The minimum Gasteiger partial charge on any atom is -0.344 e. The fourth-order valence-electron chi connectivity index (χ4n) is 2.89. The molecule has 1 aliphatic rings. The third kappa shape index (κ3) is 4.19. The number of hydrogen-bond donors (Lipinski definition) is 1. The van der Waals surface area contributed by atoms with Crippen molar-refractivity contribution in [2.24, 2.45) is 0 Å². The Kier molecular flexibility index (Phi) is 5.41. The van der Waals surface area contributed by atoms with Crippen LogP contribution in [0.25, 0.3) is 0 Å². The van der Waals surface area contributed by atoms with E-state index < -0.39 is 15.6 Å². The third-order valence-electron chi connectivity index (χ3n) is 4.71. The number of anilines is 1. The minimum atomic E-state index is -2.48. The van der Waals surface area contributed by atoms with E-state index in [-0.39, 0.29) is 0 Å². The lowest BCUT2D eigenvalue weighted by atomic mass is 10.1. The summed E-state index contributed by atoms with van der Waals surface area (Å²) in [5.41, 5.74) is 2.46. The second kappa shape index (κ2) is 7.39. The van der Waals surface area contributed by atoms with Gasteiger partial charge in [0.2, 0.25) is 5.13 Å². The molecule has 1 saturated heterocycles. The van der Waals surface area contributed by atoms with E-state index in [9.17, 15) is 8.42 Å². The first kappa shape index (κ1) is 18.3. The second-order valence-corrected chi connectivity index (χ2v) is 9.22. The number of aryl methyl sites for hydroxylation is 1. The predicted octanol–water partition coefficient (Wildman–Crippen LogP) is 1.91. The van der Waals surface area contributed by atoms with E-state index in [0.717, 1.165) is 30.5 Å². The van der Waals surface area contributed by atoms with Crippen molar-refractivity contribution in [3.05, 3.63) is 41.2 Å². The van der Waals surface area contributed by atoms with E-state index in [1.165, 1.54) is 22.7 Å². The van der Waals surface area contributed by atoms with Gasteiger partial charge in [0.1, 0.15) is 10.7 Å². The molecule has 2 aromatic rings. The van der Waals surface area contributed by atoms with Gasteiger partial charge < -0.3 is 4.90 Å². The van der Waals surface area contributed by atoms with E-state index in [0.29, 0.717) is 13.1 Å². The third-order valence-corrected chi connectivity index (χ3v) is 6.70. The van der Waals surface area contributed by atoms with Gasteiger partial charge >= 0.3 is 0 Å². The molecule has 1 aromatic heterocycles. The molecule has 0 radical (unpaired) electrons. The number of thiol groups is 1.